The van der Waals surface area contributed by atoms with Crippen LogP contribution in [0.4, 0.5) is 5.69 Å². The minimum absolute atomic E-state index is 0.814. The number of isothiocyanates is 1. The molecule has 0 saturated heterocycles. The molecule has 1 aromatic carbocycles. The van der Waals surface area contributed by atoms with Crippen LogP contribution in [0, 0.1) is 11.8 Å². The average Bonchev–Trinajstić information content (AvgIpc) is 2.65. The second-order valence-electron chi connectivity index (χ2n) is 7.34. The molecule has 0 amide bonds. The zero-order valence-electron chi connectivity index (χ0n) is 15.7. The van der Waals surface area contributed by atoms with Crippen molar-refractivity contribution in [1.82, 2.24) is 0 Å². The molecular weight excluding hydrogens is 326 g/mol. The van der Waals surface area contributed by atoms with Crippen molar-refractivity contribution in [2.75, 3.05) is 6.61 Å². The number of nitrogens with zero attached hydrogens (tertiary/aromatic N) is 1. The van der Waals surface area contributed by atoms with Gasteiger partial charge in [-0.25, -0.2) is 0 Å². The summed E-state index contributed by atoms with van der Waals surface area (Å²) in [6.45, 7) is 3.11. The smallest absolute Gasteiger partial charge is 0.119 e. The summed E-state index contributed by atoms with van der Waals surface area (Å²) in [4.78, 5) is 3.96. The van der Waals surface area contributed by atoms with Crippen molar-refractivity contribution in [1.29, 1.82) is 0 Å². The Kier molecular flexibility index (Phi) is 9.84. The minimum atomic E-state index is 0.814. The Morgan fingerprint density at radius 1 is 1.00 bits per heavy atom. The third-order valence-corrected chi connectivity index (χ3v) is 5.59. The molecule has 0 bridgehead atoms. The fourth-order valence-corrected chi connectivity index (χ4v) is 4.19. The van der Waals surface area contributed by atoms with Crippen LogP contribution >= 0.6 is 12.2 Å². The summed E-state index contributed by atoms with van der Waals surface area (Å²) in [5.41, 5.74) is 0.829. The number of hydrogen-bond acceptors (Lipinski definition) is 3. The van der Waals surface area contributed by atoms with Gasteiger partial charge in [-0.15, -0.1) is 0 Å². The van der Waals surface area contributed by atoms with Gasteiger partial charge >= 0.3 is 0 Å². The van der Waals surface area contributed by atoms with E-state index in [-0.39, 0.29) is 0 Å². The van der Waals surface area contributed by atoms with Crippen LogP contribution in [0.25, 0.3) is 0 Å². The molecule has 2 nitrogen and oxygen atoms in total. The van der Waals surface area contributed by atoms with E-state index in [4.69, 9.17) is 4.74 Å². The average molecular weight is 360 g/mol. The van der Waals surface area contributed by atoms with Crippen LogP contribution in [0.5, 0.6) is 5.75 Å². The van der Waals surface area contributed by atoms with Gasteiger partial charge in [-0.3, -0.25) is 0 Å². The van der Waals surface area contributed by atoms with Gasteiger partial charge in [0.05, 0.1) is 17.5 Å². The molecule has 25 heavy (non-hydrogen) atoms. The summed E-state index contributed by atoms with van der Waals surface area (Å²) in [5, 5.41) is 2.39. The molecule has 0 radical (unpaired) electrons. The molecule has 138 valence electrons. The summed E-state index contributed by atoms with van der Waals surface area (Å²) in [6, 6.07) is 7.76. The molecule has 2 unspecified atom stereocenters. The van der Waals surface area contributed by atoms with E-state index in [2.05, 4.69) is 29.3 Å². The van der Waals surface area contributed by atoms with E-state index in [0.29, 0.717) is 0 Å². The Morgan fingerprint density at radius 2 is 1.68 bits per heavy atom. The maximum atomic E-state index is 5.89. The first kappa shape index (κ1) is 20.1. The third-order valence-electron chi connectivity index (χ3n) is 5.49. The van der Waals surface area contributed by atoms with Crippen LogP contribution in [0.3, 0.4) is 0 Å². The van der Waals surface area contributed by atoms with Crippen molar-refractivity contribution in [3.8, 4) is 5.75 Å². The lowest BCUT2D eigenvalue weighted by atomic mass is 9.74. The summed E-state index contributed by atoms with van der Waals surface area (Å²) in [7, 11) is 0. The minimum Gasteiger partial charge on any atom is -0.494 e. The molecule has 0 spiro atoms. The van der Waals surface area contributed by atoms with Crippen molar-refractivity contribution < 1.29 is 4.74 Å². The molecule has 0 heterocycles. The number of ether oxygens (including phenoxy) is 1. The summed E-state index contributed by atoms with van der Waals surface area (Å²) in [5.74, 6) is 2.82. The highest BCUT2D eigenvalue weighted by atomic mass is 32.1. The first-order valence-corrected chi connectivity index (χ1v) is 10.5. The van der Waals surface area contributed by atoms with Gasteiger partial charge in [-0.1, -0.05) is 64.7 Å². The van der Waals surface area contributed by atoms with Crippen LogP contribution in [-0.4, -0.2) is 11.8 Å². The van der Waals surface area contributed by atoms with Gasteiger partial charge in [0.25, 0.3) is 0 Å². The molecule has 2 atom stereocenters. The largest absolute Gasteiger partial charge is 0.494 e. The second kappa shape index (κ2) is 12.2. The van der Waals surface area contributed by atoms with Gasteiger partial charge in [0, 0.05) is 0 Å². The van der Waals surface area contributed by atoms with E-state index in [1.165, 1.54) is 64.2 Å². The number of benzene rings is 1. The number of unbranched alkanes of at least 4 members (excludes halogenated alkanes) is 3. The summed E-state index contributed by atoms with van der Waals surface area (Å²) in [6.07, 6.45) is 15.3. The molecule has 3 heteroatoms. The molecule has 2 rings (SSSR count). The third kappa shape index (κ3) is 7.71. The Labute approximate surface area is 159 Å². The fraction of sp³-hybridized carbons (Fsp3) is 0.682. The molecule has 1 aliphatic rings. The maximum absolute atomic E-state index is 5.89. The van der Waals surface area contributed by atoms with E-state index in [9.17, 15) is 0 Å². The van der Waals surface area contributed by atoms with Crippen molar-refractivity contribution in [3.63, 3.8) is 0 Å². The van der Waals surface area contributed by atoms with Gasteiger partial charge in [0.2, 0.25) is 0 Å². The predicted molar refractivity (Wildman–Crippen MR) is 110 cm³/mol. The Hall–Kier alpha value is -1.18. The fourth-order valence-electron chi connectivity index (χ4n) is 4.08. The van der Waals surface area contributed by atoms with E-state index >= 15 is 0 Å². The van der Waals surface area contributed by atoms with Crippen LogP contribution < -0.4 is 4.74 Å². The normalized spacial score (nSPS) is 20.0. The SMILES string of the molecule is CCCCCCC1CCCCC1CCCOc1ccc(N=C=S)cc1. The van der Waals surface area contributed by atoms with Gasteiger partial charge < -0.3 is 4.74 Å². The van der Waals surface area contributed by atoms with Gasteiger partial charge in [-0.05, 0) is 61.2 Å². The molecule has 1 aliphatic carbocycles. The van der Waals surface area contributed by atoms with Crippen molar-refractivity contribution >= 4 is 23.1 Å². The highest BCUT2D eigenvalue weighted by molar-refractivity contribution is 7.78. The number of rotatable bonds is 11. The lowest BCUT2D eigenvalue weighted by molar-refractivity contribution is 0.190. The van der Waals surface area contributed by atoms with Crippen LogP contribution in [0.2, 0.25) is 0 Å². The Balaban J connectivity index is 1.67. The quantitative estimate of drug-likeness (QED) is 0.234. The van der Waals surface area contributed by atoms with E-state index in [1.54, 1.807) is 0 Å². The van der Waals surface area contributed by atoms with E-state index in [0.717, 1.165) is 36.3 Å². The first-order chi connectivity index (χ1) is 12.3. The monoisotopic (exact) mass is 359 g/mol. The molecule has 1 fully saturated rings. The summed E-state index contributed by atoms with van der Waals surface area (Å²) >= 11 is 4.62. The van der Waals surface area contributed by atoms with Gasteiger partial charge in [0.15, 0.2) is 0 Å². The molecule has 1 saturated carbocycles. The van der Waals surface area contributed by atoms with Crippen molar-refractivity contribution in [2.45, 2.75) is 77.6 Å². The van der Waals surface area contributed by atoms with E-state index in [1.807, 2.05) is 24.3 Å². The molecule has 0 N–H and O–H groups in total. The molecule has 0 aliphatic heterocycles. The van der Waals surface area contributed by atoms with Crippen molar-refractivity contribution in [3.05, 3.63) is 24.3 Å². The number of thiocarbonyl (C=S) groups is 1. The van der Waals surface area contributed by atoms with Crippen LogP contribution in [-0.2, 0) is 0 Å². The first-order valence-electron chi connectivity index (χ1n) is 10.1. The Morgan fingerprint density at radius 3 is 2.32 bits per heavy atom. The van der Waals surface area contributed by atoms with E-state index < -0.39 is 0 Å². The predicted octanol–water partition coefficient (Wildman–Crippen LogP) is 7.36. The zero-order valence-corrected chi connectivity index (χ0v) is 16.5. The molecular formula is C22H33NOS. The Bertz CT molecular complexity index is 521. The number of aliphatic imine (C=N–C) groups is 1. The topological polar surface area (TPSA) is 21.6 Å². The lowest BCUT2D eigenvalue weighted by Crippen LogP contribution is -2.20. The van der Waals surface area contributed by atoms with Gasteiger partial charge in [0.1, 0.15) is 5.75 Å². The standard InChI is InChI=1S/C22H33NOS/c1-2-3-4-5-9-19-10-6-7-11-20(19)12-8-17-24-22-15-13-21(14-16-22)23-18-25/h13-16,19-20H,2-12,17H2,1H3. The highest BCUT2D eigenvalue weighted by Gasteiger charge is 2.24. The summed E-state index contributed by atoms with van der Waals surface area (Å²) < 4.78 is 5.89. The second-order valence-corrected chi connectivity index (χ2v) is 7.52. The zero-order chi connectivity index (χ0) is 17.7. The van der Waals surface area contributed by atoms with Crippen LogP contribution in [0.15, 0.2) is 29.3 Å². The van der Waals surface area contributed by atoms with Gasteiger partial charge in [-0.2, -0.15) is 4.99 Å². The van der Waals surface area contributed by atoms with Crippen molar-refractivity contribution in [2.24, 2.45) is 16.8 Å². The molecule has 0 aromatic heterocycles. The lowest BCUT2D eigenvalue weighted by Gasteiger charge is -2.31. The van der Waals surface area contributed by atoms with Crippen LogP contribution in [0.1, 0.15) is 77.6 Å². The maximum Gasteiger partial charge on any atom is 0.119 e. The number of hydrogen-bond donors (Lipinski definition) is 0. The molecule has 1 aromatic rings. The highest BCUT2D eigenvalue weighted by Crippen LogP contribution is 2.36.